The normalized spacial score (nSPS) is 10.4. The molecule has 0 bridgehead atoms. The summed E-state index contributed by atoms with van der Waals surface area (Å²) in [6.45, 7) is 4.28. The summed E-state index contributed by atoms with van der Waals surface area (Å²) in [7, 11) is 0. The molecule has 5 heteroatoms. The molecule has 1 N–H and O–H groups in total. The van der Waals surface area contributed by atoms with E-state index in [9.17, 15) is 10.1 Å². The summed E-state index contributed by atoms with van der Waals surface area (Å²) in [6, 6.07) is 23.0. The van der Waals surface area contributed by atoms with E-state index in [4.69, 9.17) is 0 Å². The highest BCUT2D eigenvalue weighted by atomic mass is 16.1. The van der Waals surface area contributed by atoms with E-state index >= 15 is 0 Å². The molecule has 2 heterocycles. The molecular formula is C27H22N4O. The van der Waals surface area contributed by atoms with Crippen LogP contribution in [0.4, 0.5) is 0 Å². The van der Waals surface area contributed by atoms with Crippen molar-refractivity contribution >= 4 is 5.91 Å². The van der Waals surface area contributed by atoms with Gasteiger partial charge in [-0.3, -0.25) is 14.8 Å². The smallest absolute Gasteiger partial charge is 0.251 e. The molecule has 0 spiro atoms. The van der Waals surface area contributed by atoms with Crippen LogP contribution in [0.5, 0.6) is 0 Å². The van der Waals surface area contributed by atoms with E-state index in [0.717, 1.165) is 39.2 Å². The summed E-state index contributed by atoms with van der Waals surface area (Å²) in [5.41, 5.74) is 7.14. The number of aryl methyl sites for hydroxylation is 2. The molecule has 1 amide bonds. The third-order valence-corrected chi connectivity index (χ3v) is 5.19. The van der Waals surface area contributed by atoms with Crippen molar-refractivity contribution in [2.24, 2.45) is 0 Å². The Morgan fingerprint density at radius 3 is 2.47 bits per heavy atom. The number of hydrogen-bond donors (Lipinski definition) is 1. The number of carbonyl (C=O) groups excluding carboxylic acids is 1. The van der Waals surface area contributed by atoms with Crippen LogP contribution in [0, 0.1) is 25.2 Å². The van der Waals surface area contributed by atoms with Crippen molar-refractivity contribution in [3.05, 3.63) is 107 Å². The number of amides is 1. The Kier molecular flexibility index (Phi) is 6.05. The standard InChI is InChI=1S/C27H22N4O/c1-18-7-10-26(30-15-18)23-11-22(25-6-4-3-5-21(25)14-28)12-24(13-23)27(32)31-17-20-9-8-19(2)29-16-20/h3-13,15-16H,17H2,1-2H3,(H,31,32). The lowest BCUT2D eigenvalue weighted by molar-refractivity contribution is 0.0951. The van der Waals surface area contributed by atoms with Crippen molar-refractivity contribution in [2.75, 3.05) is 0 Å². The molecule has 0 fully saturated rings. The predicted octanol–water partition coefficient (Wildman–Crippen LogP) is 5.23. The second-order valence-corrected chi connectivity index (χ2v) is 7.67. The largest absolute Gasteiger partial charge is 0.348 e. The lowest BCUT2D eigenvalue weighted by Crippen LogP contribution is -2.23. The van der Waals surface area contributed by atoms with Gasteiger partial charge in [0.25, 0.3) is 5.91 Å². The molecule has 4 aromatic rings. The minimum absolute atomic E-state index is 0.199. The van der Waals surface area contributed by atoms with E-state index in [-0.39, 0.29) is 5.91 Å². The number of pyridine rings is 2. The third-order valence-electron chi connectivity index (χ3n) is 5.19. The quantitative estimate of drug-likeness (QED) is 0.481. The van der Waals surface area contributed by atoms with Gasteiger partial charge in [-0.25, -0.2) is 0 Å². The van der Waals surface area contributed by atoms with Crippen LogP contribution < -0.4 is 5.32 Å². The summed E-state index contributed by atoms with van der Waals surface area (Å²) in [5.74, 6) is -0.199. The van der Waals surface area contributed by atoms with Crippen LogP contribution in [-0.4, -0.2) is 15.9 Å². The minimum Gasteiger partial charge on any atom is -0.348 e. The molecule has 0 aliphatic rings. The SMILES string of the molecule is Cc1ccc(-c2cc(C(=O)NCc3ccc(C)nc3)cc(-c3ccccc3C#N)c2)nc1. The van der Waals surface area contributed by atoms with Gasteiger partial charge in [0.2, 0.25) is 0 Å². The Labute approximate surface area is 187 Å². The predicted molar refractivity (Wildman–Crippen MR) is 125 cm³/mol. The highest BCUT2D eigenvalue weighted by molar-refractivity contribution is 5.97. The fourth-order valence-corrected chi connectivity index (χ4v) is 3.42. The van der Waals surface area contributed by atoms with Crippen LogP contribution in [0.1, 0.15) is 32.7 Å². The number of nitrogens with one attached hydrogen (secondary N) is 1. The average molecular weight is 419 g/mol. The average Bonchev–Trinajstić information content (AvgIpc) is 2.83. The molecule has 32 heavy (non-hydrogen) atoms. The highest BCUT2D eigenvalue weighted by Crippen LogP contribution is 2.29. The lowest BCUT2D eigenvalue weighted by atomic mass is 9.95. The maximum atomic E-state index is 13.0. The van der Waals surface area contributed by atoms with Gasteiger partial charge in [0, 0.05) is 35.8 Å². The molecule has 0 saturated heterocycles. The van der Waals surface area contributed by atoms with Crippen molar-refractivity contribution in [2.45, 2.75) is 20.4 Å². The summed E-state index contributed by atoms with van der Waals surface area (Å²) in [5, 5.41) is 12.5. The van der Waals surface area contributed by atoms with Crippen LogP contribution in [0.3, 0.4) is 0 Å². The second-order valence-electron chi connectivity index (χ2n) is 7.67. The van der Waals surface area contributed by atoms with Crippen molar-refractivity contribution in [1.29, 1.82) is 5.26 Å². The Morgan fingerprint density at radius 1 is 0.938 bits per heavy atom. The van der Waals surface area contributed by atoms with Crippen LogP contribution in [0.2, 0.25) is 0 Å². The first-order valence-electron chi connectivity index (χ1n) is 10.3. The van der Waals surface area contributed by atoms with Crippen molar-refractivity contribution in [1.82, 2.24) is 15.3 Å². The highest BCUT2D eigenvalue weighted by Gasteiger charge is 2.13. The van der Waals surface area contributed by atoms with Gasteiger partial charge in [0.05, 0.1) is 17.3 Å². The molecule has 0 atom stereocenters. The number of rotatable bonds is 5. The number of aromatic nitrogens is 2. The van der Waals surface area contributed by atoms with E-state index in [1.807, 2.05) is 74.5 Å². The van der Waals surface area contributed by atoms with E-state index < -0.39 is 0 Å². The summed E-state index contributed by atoms with van der Waals surface area (Å²) < 4.78 is 0. The van der Waals surface area contributed by atoms with E-state index in [1.54, 1.807) is 18.5 Å². The molecule has 0 radical (unpaired) electrons. The van der Waals surface area contributed by atoms with Gasteiger partial charge < -0.3 is 5.32 Å². The minimum atomic E-state index is -0.199. The molecule has 0 aliphatic carbocycles. The van der Waals surface area contributed by atoms with Gasteiger partial charge in [0.15, 0.2) is 0 Å². The topological polar surface area (TPSA) is 78.7 Å². The van der Waals surface area contributed by atoms with Gasteiger partial charge in [-0.1, -0.05) is 30.3 Å². The van der Waals surface area contributed by atoms with E-state index in [2.05, 4.69) is 21.4 Å². The van der Waals surface area contributed by atoms with Gasteiger partial charge in [-0.2, -0.15) is 5.26 Å². The van der Waals surface area contributed by atoms with Crippen LogP contribution >= 0.6 is 0 Å². The van der Waals surface area contributed by atoms with Gasteiger partial charge in [-0.05, 0) is 72.5 Å². The van der Waals surface area contributed by atoms with Crippen molar-refractivity contribution < 1.29 is 4.79 Å². The molecular weight excluding hydrogens is 396 g/mol. The van der Waals surface area contributed by atoms with Gasteiger partial charge in [0.1, 0.15) is 0 Å². The summed E-state index contributed by atoms with van der Waals surface area (Å²) >= 11 is 0. The van der Waals surface area contributed by atoms with Crippen molar-refractivity contribution in [3.8, 4) is 28.5 Å². The van der Waals surface area contributed by atoms with Crippen molar-refractivity contribution in [3.63, 3.8) is 0 Å². The monoisotopic (exact) mass is 418 g/mol. The van der Waals surface area contributed by atoms with E-state index in [1.165, 1.54) is 0 Å². The molecule has 0 saturated carbocycles. The number of hydrogen-bond acceptors (Lipinski definition) is 4. The van der Waals surface area contributed by atoms with Crippen LogP contribution in [0.15, 0.2) is 79.1 Å². The van der Waals surface area contributed by atoms with Gasteiger partial charge >= 0.3 is 0 Å². The molecule has 5 nitrogen and oxygen atoms in total. The first-order chi connectivity index (χ1) is 15.5. The Hall–Kier alpha value is -4.30. The van der Waals surface area contributed by atoms with Crippen LogP contribution in [0.25, 0.3) is 22.4 Å². The number of carbonyl (C=O) groups is 1. The zero-order valence-electron chi connectivity index (χ0n) is 18.0. The molecule has 2 aromatic carbocycles. The third kappa shape index (κ3) is 4.71. The lowest BCUT2D eigenvalue weighted by Gasteiger charge is -2.12. The molecule has 4 rings (SSSR count). The molecule has 156 valence electrons. The molecule has 2 aromatic heterocycles. The molecule has 0 unspecified atom stereocenters. The first-order valence-corrected chi connectivity index (χ1v) is 10.3. The fraction of sp³-hybridized carbons (Fsp3) is 0.111. The summed E-state index contributed by atoms with van der Waals surface area (Å²) in [4.78, 5) is 21.8. The maximum absolute atomic E-state index is 13.0. The van der Waals surface area contributed by atoms with E-state index in [0.29, 0.717) is 17.7 Å². The van der Waals surface area contributed by atoms with Crippen LogP contribution in [-0.2, 0) is 6.54 Å². The maximum Gasteiger partial charge on any atom is 0.251 e. The molecule has 0 aliphatic heterocycles. The first kappa shape index (κ1) is 21.0. The fourth-order valence-electron chi connectivity index (χ4n) is 3.42. The number of nitrogens with zero attached hydrogens (tertiary/aromatic N) is 3. The van der Waals surface area contributed by atoms with Gasteiger partial charge in [-0.15, -0.1) is 0 Å². The Balaban J connectivity index is 1.72. The second kappa shape index (κ2) is 9.23. The Bertz CT molecular complexity index is 1300. The summed E-state index contributed by atoms with van der Waals surface area (Å²) in [6.07, 6.45) is 3.56. The number of nitriles is 1. The zero-order valence-corrected chi connectivity index (χ0v) is 18.0. The zero-order chi connectivity index (χ0) is 22.5. The number of benzene rings is 2. The Morgan fingerprint density at radius 2 is 1.75 bits per heavy atom.